The summed E-state index contributed by atoms with van der Waals surface area (Å²) in [6.07, 6.45) is -0.694. The lowest BCUT2D eigenvalue weighted by molar-refractivity contribution is 0.0996. The van der Waals surface area contributed by atoms with Crippen molar-refractivity contribution >= 4 is 52.1 Å². The Morgan fingerprint density at radius 2 is 1.76 bits per heavy atom. The number of hydrogen-bond donors (Lipinski definition) is 3. The second-order valence-corrected chi connectivity index (χ2v) is 7.27. The summed E-state index contributed by atoms with van der Waals surface area (Å²) in [5, 5.41) is 4.88. The van der Waals surface area contributed by atoms with Crippen molar-refractivity contribution in [1.29, 1.82) is 0 Å². The number of ketones is 1. The van der Waals surface area contributed by atoms with Crippen LogP contribution in [0.3, 0.4) is 0 Å². The Balaban J connectivity index is 1.64. The number of nitrogens with one attached hydrogen (secondary N) is 3. The zero-order valence-electron chi connectivity index (χ0n) is 17.1. The molecule has 3 aromatic carbocycles. The summed E-state index contributed by atoms with van der Waals surface area (Å²) >= 11 is 5.99. The number of halogens is 2. The van der Waals surface area contributed by atoms with E-state index in [2.05, 4.69) is 25.3 Å². The number of imidazole rings is 1. The average Bonchev–Trinajstić information content (AvgIpc) is 3.22. The highest BCUT2D eigenvalue weighted by molar-refractivity contribution is 6.34. The zero-order chi connectivity index (χ0) is 23.5. The molecule has 0 spiro atoms. The van der Waals surface area contributed by atoms with Gasteiger partial charge in [-0.1, -0.05) is 35.9 Å². The Morgan fingerprint density at radius 3 is 2.48 bits per heavy atom. The number of nitrogens with zero attached hydrogens (tertiary/aromatic N) is 1. The van der Waals surface area contributed by atoms with Crippen LogP contribution >= 0.6 is 11.6 Å². The Hall–Kier alpha value is -4.24. The van der Waals surface area contributed by atoms with Gasteiger partial charge in [0.25, 0.3) is 5.91 Å². The van der Waals surface area contributed by atoms with E-state index >= 15 is 0 Å². The lowest BCUT2D eigenvalue weighted by Crippen LogP contribution is -2.18. The third-order valence-corrected chi connectivity index (χ3v) is 5.08. The molecule has 0 radical (unpaired) electrons. The van der Waals surface area contributed by atoms with Crippen LogP contribution in [0.4, 0.5) is 20.8 Å². The SMILES string of the molecule is COC(=O)Nc1nc2ccc(C(=O)c3ccccc3C(=O)Nc3c(F)cccc3Cl)cc2[nH]1. The third kappa shape index (κ3) is 4.53. The molecule has 8 nitrogen and oxygen atoms in total. The lowest BCUT2D eigenvalue weighted by Gasteiger charge is -2.11. The summed E-state index contributed by atoms with van der Waals surface area (Å²) in [6, 6.07) is 14.9. The Morgan fingerprint density at radius 1 is 1.00 bits per heavy atom. The summed E-state index contributed by atoms with van der Waals surface area (Å²) in [7, 11) is 1.22. The third-order valence-electron chi connectivity index (χ3n) is 4.77. The van der Waals surface area contributed by atoms with Crippen LogP contribution in [0, 0.1) is 5.82 Å². The van der Waals surface area contributed by atoms with Crippen LogP contribution in [0.25, 0.3) is 11.0 Å². The van der Waals surface area contributed by atoms with Gasteiger partial charge in [-0.2, -0.15) is 0 Å². The van der Waals surface area contributed by atoms with E-state index in [0.717, 1.165) is 0 Å². The average molecular weight is 467 g/mol. The Kier molecular flexibility index (Phi) is 6.05. The fourth-order valence-electron chi connectivity index (χ4n) is 3.19. The van der Waals surface area contributed by atoms with Crippen molar-refractivity contribution in [2.24, 2.45) is 0 Å². The zero-order valence-corrected chi connectivity index (χ0v) is 17.9. The molecule has 0 aliphatic rings. The first-order valence-electron chi connectivity index (χ1n) is 9.61. The van der Waals surface area contributed by atoms with E-state index < -0.39 is 23.6 Å². The fraction of sp³-hybridized carbons (Fsp3) is 0.0435. The van der Waals surface area contributed by atoms with Crippen molar-refractivity contribution in [3.05, 3.63) is 88.2 Å². The van der Waals surface area contributed by atoms with Crippen LogP contribution < -0.4 is 10.6 Å². The number of aromatic amines is 1. The monoisotopic (exact) mass is 466 g/mol. The molecule has 10 heteroatoms. The van der Waals surface area contributed by atoms with E-state index in [-0.39, 0.29) is 33.3 Å². The van der Waals surface area contributed by atoms with Crippen LogP contribution in [0.2, 0.25) is 5.02 Å². The molecule has 0 atom stereocenters. The molecule has 0 fully saturated rings. The highest BCUT2D eigenvalue weighted by Gasteiger charge is 2.20. The minimum atomic E-state index is -0.694. The second-order valence-electron chi connectivity index (χ2n) is 6.86. The number of anilines is 2. The molecule has 0 aliphatic carbocycles. The van der Waals surface area contributed by atoms with Gasteiger partial charge in [-0.3, -0.25) is 14.9 Å². The number of rotatable bonds is 5. The van der Waals surface area contributed by atoms with Crippen LogP contribution in [0.15, 0.2) is 60.7 Å². The van der Waals surface area contributed by atoms with Crippen LogP contribution in [-0.4, -0.2) is 34.9 Å². The number of ether oxygens (including phenoxy) is 1. The van der Waals surface area contributed by atoms with Gasteiger partial charge in [-0.25, -0.2) is 14.2 Å². The summed E-state index contributed by atoms with van der Waals surface area (Å²) in [6.45, 7) is 0. The summed E-state index contributed by atoms with van der Waals surface area (Å²) < 4.78 is 18.6. The number of benzene rings is 3. The van der Waals surface area contributed by atoms with Crippen molar-refractivity contribution in [2.45, 2.75) is 0 Å². The lowest BCUT2D eigenvalue weighted by atomic mass is 9.97. The summed E-state index contributed by atoms with van der Waals surface area (Å²) in [4.78, 5) is 44.5. The van der Waals surface area contributed by atoms with E-state index in [4.69, 9.17) is 11.6 Å². The molecular formula is C23H16ClFN4O4. The molecule has 33 heavy (non-hydrogen) atoms. The van der Waals surface area contributed by atoms with Crippen molar-refractivity contribution < 1.29 is 23.5 Å². The van der Waals surface area contributed by atoms with Crippen molar-refractivity contribution in [3.8, 4) is 0 Å². The summed E-state index contributed by atoms with van der Waals surface area (Å²) in [5.41, 5.74) is 1.29. The van der Waals surface area contributed by atoms with Crippen LogP contribution in [-0.2, 0) is 4.74 Å². The first kappa shape index (κ1) is 22.0. The van der Waals surface area contributed by atoms with Gasteiger partial charge in [0.1, 0.15) is 5.82 Å². The number of carbonyl (C=O) groups excluding carboxylic acids is 3. The molecule has 1 heterocycles. The molecular weight excluding hydrogens is 451 g/mol. The van der Waals surface area contributed by atoms with Gasteiger partial charge in [0.15, 0.2) is 5.78 Å². The van der Waals surface area contributed by atoms with Gasteiger partial charge in [-0.15, -0.1) is 0 Å². The summed E-state index contributed by atoms with van der Waals surface area (Å²) in [5.74, 6) is -1.65. The number of hydrogen-bond acceptors (Lipinski definition) is 5. The largest absolute Gasteiger partial charge is 0.453 e. The van der Waals surface area contributed by atoms with E-state index in [1.165, 1.54) is 37.4 Å². The minimum Gasteiger partial charge on any atom is -0.453 e. The predicted molar refractivity (Wildman–Crippen MR) is 121 cm³/mol. The molecule has 4 aromatic rings. The number of fused-ring (bicyclic) bond motifs is 1. The topological polar surface area (TPSA) is 113 Å². The van der Waals surface area contributed by atoms with Crippen molar-refractivity contribution in [2.75, 3.05) is 17.7 Å². The first-order chi connectivity index (χ1) is 15.9. The number of aromatic nitrogens is 2. The molecule has 3 N–H and O–H groups in total. The maximum absolute atomic E-state index is 14.1. The number of H-pyrrole nitrogens is 1. The van der Waals surface area contributed by atoms with E-state index in [9.17, 15) is 18.8 Å². The van der Waals surface area contributed by atoms with E-state index in [1.54, 1.807) is 30.3 Å². The molecule has 166 valence electrons. The number of amides is 2. The van der Waals surface area contributed by atoms with Gasteiger partial charge < -0.3 is 15.0 Å². The predicted octanol–water partition coefficient (Wildman–Crippen LogP) is 5.02. The van der Waals surface area contributed by atoms with Gasteiger partial charge in [-0.05, 0) is 36.4 Å². The van der Waals surface area contributed by atoms with Gasteiger partial charge in [0, 0.05) is 11.1 Å². The molecule has 0 saturated heterocycles. The molecule has 0 bridgehead atoms. The van der Waals surface area contributed by atoms with Gasteiger partial charge in [0.05, 0.1) is 34.4 Å². The Bertz CT molecular complexity index is 1380. The van der Waals surface area contributed by atoms with Gasteiger partial charge in [0.2, 0.25) is 5.95 Å². The minimum absolute atomic E-state index is 0.0354. The van der Waals surface area contributed by atoms with Crippen molar-refractivity contribution in [1.82, 2.24) is 9.97 Å². The maximum atomic E-state index is 14.1. The quantitative estimate of drug-likeness (QED) is 0.357. The highest BCUT2D eigenvalue weighted by Crippen LogP contribution is 2.26. The Labute approximate surface area is 191 Å². The molecule has 0 aliphatic heterocycles. The normalized spacial score (nSPS) is 10.6. The van der Waals surface area contributed by atoms with Crippen LogP contribution in [0.1, 0.15) is 26.3 Å². The first-order valence-corrected chi connectivity index (χ1v) is 9.99. The highest BCUT2D eigenvalue weighted by atomic mass is 35.5. The molecule has 0 saturated carbocycles. The number of carbonyl (C=O) groups is 3. The van der Waals surface area contributed by atoms with Crippen molar-refractivity contribution in [3.63, 3.8) is 0 Å². The van der Waals surface area contributed by atoms with Gasteiger partial charge >= 0.3 is 6.09 Å². The smallest absolute Gasteiger partial charge is 0.413 e. The number of para-hydroxylation sites is 1. The molecule has 2 amide bonds. The molecule has 1 aromatic heterocycles. The molecule has 4 rings (SSSR count). The standard InChI is InChI=1S/C23H16ClFN4O4/c1-33-23(32)29-22-26-17-10-9-12(11-18(17)27-22)20(30)13-5-2-3-6-14(13)21(31)28-19-15(24)7-4-8-16(19)25/h2-11H,1H3,(H,28,31)(H2,26,27,29,32). The van der Waals surface area contributed by atoms with E-state index in [1.807, 2.05) is 0 Å². The molecule has 0 unspecified atom stereocenters. The van der Waals surface area contributed by atoms with Crippen LogP contribution in [0.5, 0.6) is 0 Å². The maximum Gasteiger partial charge on any atom is 0.413 e. The fourth-order valence-corrected chi connectivity index (χ4v) is 3.40. The second kappa shape index (κ2) is 9.09. The number of methoxy groups -OCH3 is 1. The van der Waals surface area contributed by atoms with E-state index in [0.29, 0.717) is 11.0 Å².